The van der Waals surface area contributed by atoms with Crippen molar-refractivity contribution in [1.29, 1.82) is 0 Å². The van der Waals surface area contributed by atoms with Crippen LogP contribution in [0.3, 0.4) is 0 Å². The number of amides is 2. The zero-order valence-corrected chi connectivity index (χ0v) is 49.9. The molecule has 3 aromatic rings. The van der Waals surface area contributed by atoms with E-state index in [9.17, 15) is 14.2 Å². The van der Waals surface area contributed by atoms with Crippen LogP contribution in [0.2, 0.25) is 0 Å². The van der Waals surface area contributed by atoms with Crippen molar-refractivity contribution in [2.75, 3.05) is 90.6 Å². The van der Waals surface area contributed by atoms with Gasteiger partial charge in [0.25, 0.3) is 11.8 Å². The Bertz CT molecular complexity index is 2130. The molecule has 2 aromatic carbocycles. The molecule has 16 heteroatoms. The molecule has 5 rings (SSSR count). The first-order valence-corrected chi connectivity index (χ1v) is 32.8. The Balaban J connectivity index is 0.910. The number of morpholine rings is 1. The lowest BCUT2D eigenvalue weighted by molar-refractivity contribution is 0.00920. The van der Waals surface area contributed by atoms with E-state index in [0.717, 1.165) is 68.1 Å². The Morgan fingerprint density at radius 3 is 1.56 bits per heavy atom. The van der Waals surface area contributed by atoms with Gasteiger partial charge >= 0.3 is 7.75 Å². The molecule has 1 aromatic heterocycles. The third kappa shape index (κ3) is 26.8. The number of nitrogens with one attached hydrogen (secondary N) is 1. The van der Waals surface area contributed by atoms with Gasteiger partial charge in [-0.25, -0.2) is 14.3 Å². The van der Waals surface area contributed by atoms with Crippen LogP contribution >= 0.6 is 7.75 Å². The van der Waals surface area contributed by atoms with Crippen molar-refractivity contribution in [3.8, 4) is 0 Å². The number of benzene rings is 2. The molecule has 0 bridgehead atoms. The molecule has 3 heterocycles. The Hall–Kier alpha value is -3.79. The zero-order valence-electron chi connectivity index (χ0n) is 49.0. The Morgan fingerprint density at radius 1 is 0.557 bits per heavy atom. The van der Waals surface area contributed by atoms with E-state index in [4.69, 9.17) is 28.0 Å². The molecule has 0 saturated carbocycles. The number of allylic oxidation sites excluding steroid dienone is 4. The summed E-state index contributed by atoms with van der Waals surface area (Å²) in [5.74, 6) is -0.606. The molecule has 1 N–H and O–H groups in total. The Kier molecular flexibility index (Phi) is 35.2. The summed E-state index contributed by atoms with van der Waals surface area (Å²) in [7, 11) is -3.56. The van der Waals surface area contributed by atoms with Gasteiger partial charge in [0.1, 0.15) is 0 Å². The van der Waals surface area contributed by atoms with Crippen LogP contribution in [0.15, 0.2) is 60.8 Å². The highest BCUT2D eigenvalue weighted by atomic mass is 31.2. The molecule has 2 aliphatic heterocycles. The second kappa shape index (κ2) is 42.1. The van der Waals surface area contributed by atoms with Crippen LogP contribution in [0.4, 0.5) is 5.69 Å². The average Bonchev–Trinajstić information content (AvgIpc) is 3.95. The van der Waals surface area contributed by atoms with Crippen LogP contribution < -0.4 is 9.99 Å². The van der Waals surface area contributed by atoms with Crippen molar-refractivity contribution in [2.45, 2.75) is 207 Å². The highest BCUT2D eigenvalue weighted by Crippen LogP contribution is 2.44. The van der Waals surface area contributed by atoms with Gasteiger partial charge in [0, 0.05) is 46.9 Å². The fourth-order valence-electron chi connectivity index (χ4n) is 10.2. The minimum Gasteiger partial charge on any atom is -0.378 e. The molecule has 79 heavy (non-hydrogen) atoms. The van der Waals surface area contributed by atoms with Gasteiger partial charge in [-0.2, -0.15) is 0 Å². The van der Waals surface area contributed by atoms with Gasteiger partial charge in [0.2, 0.25) is 0 Å². The number of rotatable bonds is 50. The van der Waals surface area contributed by atoms with E-state index >= 15 is 0 Å². The van der Waals surface area contributed by atoms with Crippen LogP contribution in [0, 0.1) is 0 Å². The molecule has 444 valence electrons. The molecular weight excluding hydrogens is 1020 g/mol. The topological polar surface area (TPSA) is 156 Å². The number of unbranched alkanes of at least 4 members (excludes halogenated alkanes) is 24. The van der Waals surface area contributed by atoms with E-state index < -0.39 is 7.75 Å². The van der Waals surface area contributed by atoms with Crippen LogP contribution in [-0.4, -0.2) is 117 Å². The molecule has 1 saturated heterocycles. The fourth-order valence-corrected chi connectivity index (χ4v) is 11.5. The third-order valence-electron chi connectivity index (χ3n) is 14.9. The Morgan fingerprint density at radius 2 is 1.03 bits per heavy atom. The number of carbonyl (C=O) groups is 2. The summed E-state index contributed by atoms with van der Waals surface area (Å²) in [5, 5.41) is 13.2. The van der Waals surface area contributed by atoms with Crippen molar-refractivity contribution in [3.63, 3.8) is 0 Å². The predicted molar refractivity (Wildman–Crippen MR) is 320 cm³/mol. The first-order valence-electron chi connectivity index (χ1n) is 31.2. The van der Waals surface area contributed by atoms with Crippen molar-refractivity contribution in [2.24, 2.45) is 0 Å². The summed E-state index contributed by atoms with van der Waals surface area (Å²) in [6.07, 6.45) is 45.7. The second-order valence-electron chi connectivity index (χ2n) is 21.4. The smallest absolute Gasteiger partial charge is 0.378 e. The number of nitrogens with zero attached hydrogens (tertiary/aromatic N) is 5. The standard InChI is InChI=1S/C63H103N6O9P/c1-3-5-7-9-11-13-15-17-19-21-23-25-27-29-31-33-44-77-79(72,78-45-34-32-30-28-26-24-22-20-18-16-14-12-10-8-6-4-2)64-54-56-55-68(66-65-56)42-48-74-50-52-76-53-51-75-49-43-69-62(70)58-37-35-36-57-60(67-40-46-73-47-41-67)39-38-59(61(57)58)63(69)71/h17-20,35-39,55H,3-16,21-34,40-54H2,1-2H3,(H,64,72)/b19-17-,20-18-. The SMILES string of the molecule is CCCCCCCC/C=C\CCCCCCCCOP(=O)(NCc1cn(CCOCCOCCOCCN2C(=O)c3cccc4c(N5CCOCC5)ccc(c34)C2=O)nn1)OCCCCCCCC/C=C\CCCCCCCC. The monoisotopic (exact) mass is 1120 g/mol. The maximum Gasteiger partial charge on any atom is 0.405 e. The summed E-state index contributed by atoms with van der Waals surface area (Å²) in [5.41, 5.74) is 2.73. The molecule has 0 aliphatic carbocycles. The van der Waals surface area contributed by atoms with E-state index in [1.165, 1.54) is 146 Å². The lowest BCUT2D eigenvalue weighted by Gasteiger charge is -2.32. The van der Waals surface area contributed by atoms with Gasteiger partial charge in [-0.15, -0.1) is 5.10 Å². The summed E-state index contributed by atoms with van der Waals surface area (Å²) < 4.78 is 50.5. The average molecular weight is 1120 g/mol. The number of ether oxygens (including phenoxy) is 4. The lowest BCUT2D eigenvalue weighted by atomic mass is 9.92. The second-order valence-corrected chi connectivity index (χ2v) is 23.2. The predicted octanol–water partition coefficient (Wildman–Crippen LogP) is 14.9. The molecule has 2 amide bonds. The molecule has 0 radical (unpaired) electrons. The summed E-state index contributed by atoms with van der Waals surface area (Å²) in [4.78, 5) is 30.6. The van der Waals surface area contributed by atoms with Gasteiger partial charge in [-0.3, -0.25) is 23.5 Å². The molecule has 1 fully saturated rings. The molecule has 15 nitrogen and oxygen atoms in total. The first kappa shape index (κ1) is 66.0. The van der Waals surface area contributed by atoms with Gasteiger partial charge in [-0.05, 0) is 82.4 Å². The normalized spacial score (nSPS) is 14.2. The first-order chi connectivity index (χ1) is 38.9. The van der Waals surface area contributed by atoms with Gasteiger partial charge < -0.3 is 23.8 Å². The van der Waals surface area contributed by atoms with Crippen molar-refractivity contribution >= 4 is 36.0 Å². The number of carbonyl (C=O) groups excluding carboxylic acids is 2. The summed E-state index contributed by atoms with van der Waals surface area (Å²) in [6.45, 7) is 11.1. The minimum atomic E-state index is -3.56. The molecule has 2 aliphatic rings. The van der Waals surface area contributed by atoms with E-state index in [2.05, 4.69) is 58.5 Å². The highest BCUT2D eigenvalue weighted by molar-refractivity contribution is 7.51. The number of hydrogen-bond donors (Lipinski definition) is 1. The van der Waals surface area contributed by atoms with E-state index in [1.54, 1.807) is 10.7 Å². The number of anilines is 1. The Labute approximate surface area is 476 Å². The van der Waals surface area contributed by atoms with Crippen LogP contribution in [-0.2, 0) is 45.6 Å². The van der Waals surface area contributed by atoms with Gasteiger partial charge in [-0.1, -0.05) is 171 Å². The van der Waals surface area contributed by atoms with Gasteiger partial charge in [0.15, 0.2) is 0 Å². The molecule has 0 spiro atoms. The third-order valence-corrected chi connectivity index (χ3v) is 16.5. The molecular formula is C63H103N6O9P. The van der Waals surface area contributed by atoms with Crippen LogP contribution in [0.1, 0.15) is 220 Å². The van der Waals surface area contributed by atoms with E-state index in [-0.39, 0.29) is 31.5 Å². The maximum absolute atomic E-state index is 14.0. The van der Waals surface area contributed by atoms with Gasteiger partial charge in [0.05, 0.1) is 91.4 Å². The number of imide groups is 1. The van der Waals surface area contributed by atoms with Crippen molar-refractivity contribution < 1.29 is 42.1 Å². The fraction of sp³-hybridized carbons (Fsp3) is 0.714. The number of aromatic nitrogens is 3. The number of hydrogen-bond acceptors (Lipinski definition) is 12. The van der Waals surface area contributed by atoms with Crippen molar-refractivity contribution in [3.05, 3.63) is 77.7 Å². The van der Waals surface area contributed by atoms with E-state index in [1.807, 2.05) is 30.5 Å². The quantitative estimate of drug-likeness (QED) is 0.0247. The highest BCUT2D eigenvalue weighted by Gasteiger charge is 2.34. The zero-order chi connectivity index (χ0) is 55.7. The lowest BCUT2D eigenvalue weighted by Crippen LogP contribution is -2.42. The van der Waals surface area contributed by atoms with Crippen LogP contribution in [0.5, 0.6) is 0 Å². The largest absolute Gasteiger partial charge is 0.405 e. The summed E-state index contributed by atoms with van der Waals surface area (Å²) in [6, 6.07) is 9.48. The maximum atomic E-state index is 14.0. The van der Waals surface area contributed by atoms with E-state index in [0.29, 0.717) is 82.8 Å². The molecule has 0 atom stereocenters. The van der Waals surface area contributed by atoms with Crippen LogP contribution in [0.25, 0.3) is 10.8 Å². The minimum absolute atomic E-state index is 0.152. The van der Waals surface area contributed by atoms with Crippen molar-refractivity contribution in [1.82, 2.24) is 25.0 Å². The molecule has 0 unspecified atom stereocenters. The summed E-state index contributed by atoms with van der Waals surface area (Å²) >= 11 is 0.